The maximum atomic E-state index is 11.1. The highest BCUT2D eigenvalue weighted by atomic mass is 16.3. The lowest BCUT2D eigenvalue weighted by Crippen LogP contribution is -2.35. The second kappa shape index (κ2) is 7.06. The van der Waals surface area contributed by atoms with Crippen molar-refractivity contribution < 1.29 is 9.90 Å². The molecule has 0 aliphatic rings. The first-order chi connectivity index (χ1) is 5.72. The molecule has 0 atom stereocenters. The van der Waals surface area contributed by atoms with E-state index < -0.39 is 0 Å². The maximum Gasteiger partial charge on any atom is 0.236 e. The maximum absolute atomic E-state index is 11.1. The Morgan fingerprint density at radius 3 is 2.75 bits per heavy atom. The Kier molecular flexibility index (Phi) is 6.70. The number of aliphatic hydroxyl groups excluding tert-OH is 1. The van der Waals surface area contributed by atoms with E-state index in [-0.39, 0.29) is 12.5 Å². The van der Waals surface area contributed by atoms with E-state index in [1.165, 1.54) is 0 Å². The van der Waals surface area contributed by atoms with Gasteiger partial charge in [-0.15, -0.1) is 0 Å². The summed E-state index contributed by atoms with van der Waals surface area (Å²) in [5.74, 6) is 0.0930. The van der Waals surface area contributed by atoms with E-state index in [1.807, 2.05) is 6.92 Å². The Balaban J connectivity index is 3.31. The van der Waals surface area contributed by atoms with Crippen LogP contribution in [0.4, 0.5) is 0 Å². The van der Waals surface area contributed by atoms with Crippen molar-refractivity contribution in [2.45, 2.75) is 13.3 Å². The number of hydrogen-bond acceptors (Lipinski definition) is 3. The van der Waals surface area contributed by atoms with Crippen LogP contribution < -0.4 is 5.32 Å². The summed E-state index contributed by atoms with van der Waals surface area (Å²) in [7, 11) is 1.77. The molecular formula is C8H18N2O2. The van der Waals surface area contributed by atoms with Crippen molar-refractivity contribution in [3.05, 3.63) is 0 Å². The van der Waals surface area contributed by atoms with Gasteiger partial charge in [0.05, 0.1) is 6.54 Å². The molecule has 72 valence electrons. The predicted octanol–water partition coefficient (Wildman–Crippen LogP) is -0.563. The molecular weight excluding hydrogens is 156 g/mol. The van der Waals surface area contributed by atoms with Gasteiger partial charge >= 0.3 is 0 Å². The third-order valence-electron chi connectivity index (χ3n) is 1.69. The van der Waals surface area contributed by atoms with Gasteiger partial charge < -0.3 is 15.3 Å². The minimum absolute atomic E-state index is 0.0930. The number of rotatable bonds is 6. The van der Waals surface area contributed by atoms with Gasteiger partial charge in [0.25, 0.3) is 0 Å². The molecule has 0 aromatic rings. The lowest BCUT2D eigenvalue weighted by atomic mass is 10.4. The Bertz CT molecular complexity index is 128. The number of carbonyl (C=O) groups is 1. The normalized spacial score (nSPS) is 9.92. The predicted molar refractivity (Wildman–Crippen MR) is 47.9 cm³/mol. The molecule has 0 rings (SSSR count). The molecule has 0 spiro atoms. The monoisotopic (exact) mass is 174 g/mol. The fourth-order valence-corrected chi connectivity index (χ4v) is 0.711. The quantitative estimate of drug-likeness (QED) is 0.531. The van der Waals surface area contributed by atoms with Gasteiger partial charge in [0, 0.05) is 20.2 Å². The molecule has 12 heavy (non-hydrogen) atoms. The Morgan fingerprint density at radius 1 is 1.58 bits per heavy atom. The molecule has 0 bridgehead atoms. The molecule has 0 saturated carbocycles. The summed E-state index contributed by atoms with van der Waals surface area (Å²) in [6.45, 7) is 3.90. The first-order valence-electron chi connectivity index (χ1n) is 4.28. The van der Waals surface area contributed by atoms with Crippen LogP contribution in [0.25, 0.3) is 0 Å². The van der Waals surface area contributed by atoms with Crippen molar-refractivity contribution in [1.82, 2.24) is 10.2 Å². The molecule has 0 unspecified atom stereocenters. The highest BCUT2D eigenvalue weighted by Crippen LogP contribution is 1.81. The van der Waals surface area contributed by atoms with Crippen LogP contribution in [0.15, 0.2) is 0 Å². The van der Waals surface area contributed by atoms with Gasteiger partial charge in [0.15, 0.2) is 0 Å². The van der Waals surface area contributed by atoms with Gasteiger partial charge in [-0.25, -0.2) is 0 Å². The largest absolute Gasteiger partial charge is 0.396 e. The Morgan fingerprint density at radius 2 is 2.25 bits per heavy atom. The van der Waals surface area contributed by atoms with Crippen molar-refractivity contribution >= 4 is 5.91 Å². The second-order valence-electron chi connectivity index (χ2n) is 2.66. The third-order valence-corrected chi connectivity index (χ3v) is 1.69. The average molecular weight is 174 g/mol. The number of likely N-dealkylation sites (N-methyl/N-ethyl adjacent to an activating group) is 1. The standard InChI is InChI=1S/C8H18N2O2/c1-3-10(2)8(12)7-9-5-4-6-11/h9,11H,3-7H2,1-2H3. The fourth-order valence-electron chi connectivity index (χ4n) is 0.711. The number of nitrogens with zero attached hydrogens (tertiary/aromatic N) is 1. The van der Waals surface area contributed by atoms with Crippen LogP contribution >= 0.6 is 0 Å². The van der Waals surface area contributed by atoms with E-state index >= 15 is 0 Å². The van der Waals surface area contributed by atoms with Crippen molar-refractivity contribution in [2.75, 3.05) is 33.3 Å². The number of nitrogens with one attached hydrogen (secondary N) is 1. The van der Waals surface area contributed by atoms with Gasteiger partial charge in [0.2, 0.25) is 5.91 Å². The van der Waals surface area contributed by atoms with Crippen molar-refractivity contribution in [2.24, 2.45) is 0 Å². The lowest BCUT2D eigenvalue weighted by Gasteiger charge is -2.14. The van der Waals surface area contributed by atoms with Crippen LogP contribution in [-0.4, -0.2) is 49.2 Å². The van der Waals surface area contributed by atoms with Crippen LogP contribution in [0.2, 0.25) is 0 Å². The molecule has 0 aliphatic carbocycles. The SMILES string of the molecule is CCN(C)C(=O)CNCCCO. The summed E-state index contributed by atoms with van der Waals surface area (Å²) in [6, 6.07) is 0. The van der Waals surface area contributed by atoms with Gasteiger partial charge in [-0.05, 0) is 19.9 Å². The Hall–Kier alpha value is -0.610. The lowest BCUT2D eigenvalue weighted by molar-refractivity contribution is -0.128. The molecule has 4 nitrogen and oxygen atoms in total. The van der Waals surface area contributed by atoms with E-state index in [2.05, 4.69) is 5.32 Å². The molecule has 0 aromatic heterocycles. The summed E-state index contributed by atoms with van der Waals surface area (Å²) >= 11 is 0. The molecule has 0 fully saturated rings. The molecule has 4 heteroatoms. The Labute approximate surface area is 73.6 Å². The van der Waals surface area contributed by atoms with Crippen molar-refractivity contribution in [3.8, 4) is 0 Å². The van der Waals surface area contributed by atoms with Gasteiger partial charge in [-0.2, -0.15) is 0 Å². The minimum Gasteiger partial charge on any atom is -0.396 e. The molecule has 0 saturated heterocycles. The second-order valence-corrected chi connectivity index (χ2v) is 2.66. The minimum atomic E-state index is 0.0930. The molecule has 2 N–H and O–H groups in total. The van der Waals surface area contributed by atoms with Crippen molar-refractivity contribution in [1.29, 1.82) is 0 Å². The summed E-state index contributed by atoms with van der Waals surface area (Å²) < 4.78 is 0. The highest BCUT2D eigenvalue weighted by molar-refractivity contribution is 5.77. The van der Waals surface area contributed by atoms with Crippen molar-refractivity contribution in [3.63, 3.8) is 0 Å². The molecule has 0 heterocycles. The van der Waals surface area contributed by atoms with E-state index in [9.17, 15) is 4.79 Å². The average Bonchev–Trinajstić information content (AvgIpc) is 2.10. The van der Waals surface area contributed by atoms with Crippen LogP contribution in [0.1, 0.15) is 13.3 Å². The van der Waals surface area contributed by atoms with Crippen LogP contribution in [0.3, 0.4) is 0 Å². The summed E-state index contributed by atoms with van der Waals surface area (Å²) in [5.41, 5.74) is 0. The number of amides is 1. The topological polar surface area (TPSA) is 52.6 Å². The third kappa shape index (κ3) is 5.09. The molecule has 1 amide bonds. The zero-order valence-corrected chi connectivity index (χ0v) is 7.84. The smallest absolute Gasteiger partial charge is 0.236 e. The van der Waals surface area contributed by atoms with E-state index in [1.54, 1.807) is 11.9 Å². The highest BCUT2D eigenvalue weighted by Gasteiger charge is 2.03. The van der Waals surface area contributed by atoms with Gasteiger partial charge in [-0.1, -0.05) is 0 Å². The van der Waals surface area contributed by atoms with Gasteiger partial charge in [0.1, 0.15) is 0 Å². The molecule has 0 radical (unpaired) electrons. The van der Waals surface area contributed by atoms with Crippen LogP contribution in [0.5, 0.6) is 0 Å². The summed E-state index contributed by atoms with van der Waals surface area (Å²) in [4.78, 5) is 12.8. The molecule has 0 aliphatic heterocycles. The zero-order chi connectivity index (χ0) is 9.40. The van der Waals surface area contributed by atoms with E-state index in [0.29, 0.717) is 19.5 Å². The van der Waals surface area contributed by atoms with E-state index in [4.69, 9.17) is 5.11 Å². The number of carbonyl (C=O) groups excluding carboxylic acids is 1. The number of hydrogen-bond donors (Lipinski definition) is 2. The van der Waals surface area contributed by atoms with Crippen LogP contribution in [-0.2, 0) is 4.79 Å². The first kappa shape index (κ1) is 11.4. The van der Waals surface area contributed by atoms with Gasteiger partial charge in [-0.3, -0.25) is 4.79 Å². The zero-order valence-electron chi connectivity index (χ0n) is 7.84. The number of aliphatic hydroxyl groups is 1. The summed E-state index contributed by atoms with van der Waals surface area (Å²) in [5, 5.41) is 11.4. The first-order valence-corrected chi connectivity index (χ1v) is 4.28. The fraction of sp³-hybridized carbons (Fsp3) is 0.875. The molecule has 0 aromatic carbocycles. The summed E-state index contributed by atoms with van der Waals surface area (Å²) in [6.07, 6.45) is 0.698. The van der Waals surface area contributed by atoms with Crippen LogP contribution in [0, 0.1) is 0 Å². The van der Waals surface area contributed by atoms with E-state index in [0.717, 1.165) is 6.54 Å².